The topological polar surface area (TPSA) is 66.4 Å². The number of amides is 1. The highest BCUT2D eigenvalue weighted by molar-refractivity contribution is 6.31. The van der Waals surface area contributed by atoms with Gasteiger partial charge in [0.25, 0.3) is 5.91 Å². The molecule has 1 fully saturated rings. The lowest BCUT2D eigenvalue weighted by Gasteiger charge is -2.37. The van der Waals surface area contributed by atoms with Gasteiger partial charge in [-0.25, -0.2) is 0 Å². The van der Waals surface area contributed by atoms with E-state index in [0.29, 0.717) is 10.6 Å². The van der Waals surface area contributed by atoms with Crippen molar-refractivity contribution >= 4 is 23.5 Å². The average molecular weight is 310 g/mol. The van der Waals surface area contributed by atoms with Crippen LogP contribution >= 0.6 is 11.6 Å². The molecular weight excluding hydrogens is 290 g/mol. The Hall–Kier alpha value is -1.55. The summed E-state index contributed by atoms with van der Waals surface area (Å²) >= 11 is 5.96. The largest absolute Gasteiger partial charge is 0.481 e. The highest BCUT2D eigenvalue weighted by Gasteiger charge is 2.36. The molecule has 1 aliphatic carbocycles. The van der Waals surface area contributed by atoms with Gasteiger partial charge in [-0.15, -0.1) is 0 Å². The Kier molecular flexibility index (Phi) is 4.88. The normalized spacial score (nSPS) is 17.2. The first-order valence-electron chi connectivity index (χ1n) is 7.22. The van der Waals surface area contributed by atoms with Gasteiger partial charge in [-0.2, -0.15) is 0 Å². The highest BCUT2D eigenvalue weighted by atomic mass is 35.5. The predicted molar refractivity (Wildman–Crippen MR) is 81.7 cm³/mol. The lowest BCUT2D eigenvalue weighted by Crippen LogP contribution is -2.51. The molecule has 4 nitrogen and oxygen atoms in total. The van der Waals surface area contributed by atoms with Crippen molar-refractivity contribution in [3.8, 4) is 0 Å². The van der Waals surface area contributed by atoms with Gasteiger partial charge in [-0.05, 0) is 43.5 Å². The van der Waals surface area contributed by atoms with Crippen molar-refractivity contribution in [2.45, 2.75) is 51.0 Å². The molecule has 5 heteroatoms. The smallest absolute Gasteiger partial charge is 0.305 e. The standard InChI is InChI=1S/C16H20ClNO3/c1-11-9-12(5-6-13(11)17)15(21)18-16(10-14(19)20)7-3-2-4-8-16/h5-6,9H,2-4,7-8,10H2,1H3,(H,18,21)(H,19,20). The second-order valence-corrected chi connectivity index (χ2v) is 6.24. The molecule has 0 aromatic heterocycles. The van der Waals surface area contributed by atoms with Crippen LogP contribution in [-0.4, -0.2) is 22.5 Å². The van der Waals surface area contributed by atoms with Crippen LogP contribution in [-0.2, 0) is 4.79 Å². The molecule has 0 radical (unpaired) electrons. The summed E-state index contributed by atoms with van der Waals surface area (Å²) in [6.45, 7) is 1.84. The summed E-state index contributed by atoms with van der Waals surface area (Å²) in [7, 11) is 0. The number of carboxylic acid groups (broad SMARTS) is 1. The zero-order chi connectivity index (χ0) is 15.5. The van der Waals surface area contributed by atoms with Gasteiger partial charge in [0.1, 0.15) is 0 Å². The average Bonchev–Trinajstić information content (AvgIpc) is 2.41. The zero-order valence-corrected chi connectivity index (χ0v) is 12.9. The summed E-state index contributed by atoms with van der Waals surface area (Å²) in [6.07, 6.45) is 4.41. The number of aryl methyl sites for hydroxylation is 1. The minimum atomic E-state index is -0.871. The first kappa shape index (κ1) is 15.8. The van der Waals surface area contributed by atoms with E-state index >= 15 is 0 Å². The number of hydrogen-bond acceptors (Lipinski definition) is 2. The maximum Gasteiger partial charge on any atom is 0.305 e. The van der Waals surface area contributed by atoms with E-state index < -0.39 is 11.5 Å². The van der Waals surface area contributed by atoms with E-state index in [2.05, 4.69) is 5.32 Å². The third-order valence-corrected chi connectivity index (χ3v) is 4.52. The van der Waals surface area contributed by atoms with Crippen molar-refractivity contribution in [1.29, 1.82) is 0 Å². The van der Waals surface area contributed by atoms with E-state index in [4.69, 9.17) is 16.7 Å². The van der Waals surface area contributed by atoms with Gasteiger partial charge in [0.2, 0.25) is 0 Å². The van der Waals surface area contributed by atoms with E-state index in [1.165, 1.54) is 0 Å². The van der Waals surface area contributed by atoms with Gasteiger partial charge in [0.15, 0.2) is 0 Å². The Morgan fingerprint density at radius 2 is 1.95 bits per heavy atom. The highest BCUT2D eigenvalue weighted by Crippen LogP contribution is 2.31. The molecule has 0 unspecified atom stereocenters. The van der Waals surface area contributed by atoms with E-state index in [9.17, 15) is 9.59 Å². The van der Waals surface area contributed by atoms with Crippen LogP contribution in [0.1, 0.15) is 54.4 Å². The van der Waals surface area contributed by atoms with E-state index in [1.807, 2.05) is 6.92 Å². The number of carbonyl (C=O) groups is 2. The van der Waals surface area contributed by atoms with Crippen LogP contribution in [0.2, 0.25) is 5.02 Å². The van der Waals surface area contributed by atoms with E-state index in [0.717, 1.165) is 37.7 Å². The van der Waals surface area contributed by atoms with Crippen molar-refractivity contribution in [3.05, 3.63) is 34.3 Å². The molecule has 114 valence electrons. The van der Waals surface area contributed by atoms with Crippen LogP contribution in [0.15, 0.2) is 18.2 Å². The Morgan fingerprint density at radius 1 is 1.29 bits per heavy atom. The third kappa shape index (κ3) is 3.97. The molecule has 0 aliphatic heterocycles. The number of halogens is 1. The molecule has 1 saturated carbocycles. The summed E-state index contributed by atoms with van der Waals surface area (Å²) in [5, 5.41) is 12.7. The summed E-state index contributed by atoms with van der Waals surface area (Å²) in [6, 6.07) is 5.09. The second-order valence-electron chi connectivity index (χ2n) is 5.83. The van der Waals surface area contributed by atoms with E-state index in [-0.39, 0.29) is 12.3 Å². The van der Waals surface area contributed by atoms with Gasteiger partial charge < -0.3 is 10.4 Å². The van der Waals surface area contributed by atoms with Crippen molar-refractivity contribution in [1.82, 2.24) is 5.32 Å². The van der Waals surface area contributed by atoms with Gasteiger partial charge in [0, 0.05) is 10.6 Å². The van der Waals surface area contributed by atoms with Crippen LogP contribution in [0.3, 0.4) is 0 Å². The Labute approximate surface area is 129 Å². The van der Waals surface area contributed by atoms with Gasteiger partial charge >= 0.3 is 5.97 Å². The molecule has 0 heterocycles. The third-order valence-electron chi connectivity index (χ3n) is 4.10. The summed E-state index contributed by atoms with van der Waals surface area (Å²) < 4.78 is 0. The summed E-state index contributed by atoms with van der Waals surface area (Å²) in [4.78, 5) is 23.5. The fourth-order valence-corrected chi connectivity index (χ4v) is 3.08. The first-order valence-corrected chi connectivity index (χ1v) is 7.60. The Bertz CT molecular complexity index is 550. The Morgan fingerprint density at radius 3 is 2.52 bits per heavy atom. The quantitative estimate of drug-likeness (QED) is 0.893. The molecule has 2 rings (SSSR count). The molecule has 0 bridgehead atoms. The van der Waals surface area contributed by atoms with Crippen LogP contribution in [0.25, 0.3) is 0 Å². The minimum Gasteiger partial charge on any atom is -0.481 e. The molecule has 1 aromatic rings. The van der Waals surface area contributed by atoms with E-state index in [1.54, 1.807) is 18.2 Å². The van der Waals surface area contributed by atoms with Crippen molar-refractivity contribution < 1.29 is 14.7 Å². The maximum atomic E-state index is 12.4. The predicted octanol–water partition coefficient (Wildman–Crippen LogP) is 3.56. The number of hydrogen-bond donors (Lipinski definition) is 2. The second kappa shape index (κ2) is 6.48. The lowest BCUT2D eigenvalue weighted by molar-refractivity contribution is -0.139. The fourth-order valence-electron chi connectivity index (χ4n) is 2.96. The van der Waals surface area contributed by atoms with Crippen molar-refractivity contribution in [2.75, 3.05) is 0 Å². The van der Waals surface area contributed by atoms with Gasteiger partial charge in [-0.1, -0.05) is 30.9 Å². The molecule has 21 heavy (non-hydrogen) atoms. The number of carbonyl (C=O) groups excluding carboxylic acids is 1. The molecule has 1 aliphatic rings. The number of rotatable bonds is 4. The van der Waals surface area contributed by atoms with Crippen LogP contribution in [0, 0.1) is 6.92 Å². The summed E-state index contributed by atoms with van der Waals surface area (Å²) in [5.41, 5.74) is 0.738. The Balaban J connectivity index is 2.17. The number of carboxylic acids is 1. The van der Waals surface area contributed by atoms with Crippen molar-refractivity contribution in [3.63, 3.8) is 0 Å². The zero-order valence-electron chi connectivity index (χ0n) is 12.1. The van der Waals surface area contributed by atoms with Gasteiger partial charge in [-0.3, -0.25) is 9.59 Å². The van der Waals surface area contributed by atoms with Crippen LogP contribution in [0.4, 0.5) is 0 Å². The molecule has 2 N–H and O–H groups in total. The lowest BCUT2D eigenvalue weighted by atomic mass is 9.79. The molecule has 0 saturated heterocycles. The fraction of sp³-hybridized carbons (Fsp3) is 0.500. The molecule has 1 amide bonds. The minimum absolute atomic E-state index is 0.0225. The number of benzene rings is 1. The monoisotopic (exact) mass is 309 g/mol. The summed E-state index contributed by atoms with van der Waals surface area (Å²) in [5.74, 6) is -1.09. The van der Waals surface area contributed by atoms with Crippen LogP contribution in [0.5, 0.6) is 0 Å². The van der Waals surface area contributed by atoms with Crippen LogP contribution < -0.4 is 5.32 Å². The molecule has 0 spiro atoms. The maximum absolute atomic E-state index is 12.4. The first-order chi connectivity index (χ1) is 9.92. The number of aliphatic carboxylic acids is 1. The van der Waals surface area contributed by atoms with Gasteiger partial charge in [0.05, 0.1) is 12.0 Å². The SMILES string of the molecule is Cc1cc(C(=O)NC2(CC(=O)O)CCCCC2)ccc1Cl. The molecular formula is C16H20ClNO3. The molecule has 1 aromatic carbocycles. The number of nitrogens with one attached hydrogen (secondary N) is 1. The van der Waals surface area contributed by atoms with Crippen molar-refractivity contribution in [2.24, 2.45) is 0 Å². The molecule has 0 atom stereocenters.